The molecule has 0 saturated carbocycles. The number of hydrogen-bond donors (Lipinski definition) is 3. The quantitative estimate of drug-likeness (QED) is 0.525. The van der Waals surface area contributed by atoms with Crippen LogP contribution in [0.4, 0.5) is 4.39 Å². The predicted octanol–water partition coefficient (Wildman–Crippen LogP) is 3.79. The van der Waals surface area contributed by atoms with Gasteiger partial charge in [0, 0.05) is 24.9 Å². The highest BCUT2D eigenvalue weighted by molar-refractivity contribution is 6.08. The summed E-state index contributed by atoms with van der Waals surface area (Å²) in [5.41, 5.74) is 4.42. The molecule has 2 rings (SSSR count). The largest absolute Gasteiger partial charge is 0.392 e. The SMILES string of the molecule is C=CC(=O)NCc1ccc(-c2ccc(F)cc2)cc1C(=N)/C=C(/C)NC. The van der Waals surface area contributed by atoms with Gasteiger partial charge in [-0.2, -0.15) is 0 Å². The molecule has 0 radical (unpaired) electrons. The summed E-state index contributed by atoms with van der Waals surface area (Å²) in [5.74, 6) is -0.565. The maximum Gasteiger partial charge on any atom is 0.243 e. The van der Waals surface area contributed by atoms with Gasteiger partial charge in [-0.25, -0.2) is 4.39 Å². The number of benzene rings is 2. The van der Waals surface area contributed by atoms with E-state index in [0.717, 1.165) is 22.4 Å². The fraction of sp³-hybridized carbons (Fsp3) is 0.143. The molecule has 2 aromatic carbocycles. The standard InChI is InChI=1S/C21H22FN3O/c1-4-21(26)25-13-17-6-5-16(15-7-9-18(22)10-8-15)12-19(17)20(23)11-14(2)24-3/h4-12,23-24H,1,13H2,2-3H3,(H,25,26)/b14-11-,23-20?. The summed E-state index contributed by atoms with van der Waals surface area (Å²) in [6.07, 6.45) is 2.94. The number of carbonyl (C=O) groups is 1. The van der Waals surface area contributed by atoms with Gasteiger partial charge in [-0.05, 0) is 54.0 Å². The molecule has 5 heteroatoms. The van der Waals surface area contributed by atoms with E-state index >= 15 is 0 Å². The molecule has 0 atom stereocenters. The Hall–Kier alpha value is -3.21. The van der Waals surface area contributed by atoms with Gasteiger partial charge in [0.2, 0.25) is 5.91 Å². The summed E-state index contributed by atoms with van der Waals surface area (Å²) < 4.78 is 13.2. The summed E-state index contributed by atoms with van der Waals surface area (Å²) in [6, 6.07) is 11.9. The van der Waals surface area contributed by atoms with Gasteiger partial charge >= 0.3 is 0 Å². The lowest BCUT2D eigenvalue weighted by Gasteiger charge is -2.13. The Kier molecular flexibility index (Phi) is 6.44. The molecule has 0 heterocycles. The molecule has 0 fully saturated rings. The molecule has 2 aromatic rings. The third kappa shape index (κ3) is 4.89. The zero-order valence-electron chi connectivity index (χ0n) is 14.9. The molecule has 0 aliphatic rings. The molecule has 0 aliphatic carbocycles. The number of amides is 1. The van der Waals surface area contributed by atoms with E-state index in [4.69, 9.17) is 5.41 Å². The number of rotatable bonds is 7. The number of allylic oxidation sites excluding steroid dienone is 2. The molecular weight excluding hydrogens is 329 g/mol. The molecular formula is C21H22FN3O. The van der Waals surface area contributed by atoms with E-state index in [1.54, 1.807) is 25.3 Å². The normalized spacial score (nSPS) is 11.0. The highest BCUT2D eigenvalue weighted by Gasteiger charge is 2.10. The van der Waals surface area contributed by atoms with Crippen molar-refractivity contribution in [1.82, 2.24) is 10.6 Å². The first-order chi connectivity index (χ1) is 12.4. The van der Waals surface area contributed by atoms with Gasteiger partial charge in [0.1, 0.15) is 5.82 Å². The van der Waals surface area contributed by atoms with Gasteiger partial charge in [-0.15, -0.1) is 0 Å². The van der Waals surface area contributed by atoms with Crippen LogP contribution in [0.15, 0.2) is 66.9 Å². The third-order valence-corrected chi connectivity index (χ3v) is 3.97. The van der Waals surface area contributed by atoms with Crippen LogP contribution in [0, 0.1) is 11.2 Å². The molecule has 0 aliphatic heterocycles. The molecule has 1 amide bonds. The maximum atomic E-state index is 13.2. The van der Waals surface area contributed by atoms with Crippen LogP contribution < -0.4 is 10.6 Å². The summed E-state index contributed by atoms with van der Waals surface area (Å²) in [7, 11) is 1.79. The lowest BCUT2D eigenvalue weighted by Crippen LogP contribution is -2.21. The zero-order chi connectivity index (χ0) is 19.1. The smallest absolute Gasteiger partial charge is 0.243 e. The van der Waals surface area contributed by atoms with Crippen LogP contribution in [-0.4, -0.2) is 18.7 Å². The van der Waals surface area contributed by atoms with Crippen LogP contribution >= 0.6 is 0 Å². The number of halogens is 1. The molecule has 0 unspecified atom stereocenters. The van der Waals surface area contributed by atoms with E-state index in [9.17, 15) is 9.18 Å². The first kappa shape index (κ1) is 19.1. The second-order valence-electron chi connectivity index (χ2n) is 5.79. The van der Waals surface area contributed by atoms with Gasteiger partial charge in [0.15, 0.2) is 0 Å². The van der Waals surface area contributed by atoms with Crippen LogP contribution in [0.3, 0.4) is 0 Å². The zero-order valence-corrected chi connectivity index (χ0v) is 14.9. The van der Waals surface area contributed by atoms with E-state index in [2.05, 4.69) is 17.2 Å². The second-order valence-corrected chi connectivity index (χ2v) is 5.79. The van der Waals surface area contributed by atoms with Crippen molar-refractivity contribution in [2.75, 3.05) is 7.05 Å². The fourth-order valence-corrected chi connectivity index (χ4v) is 2.42. The van der Waals surface area contributed by atoms with Crippen LogP contribution in [0.1, 0.15) is 18.1 Å². The number of carbonyl (C=O) groups excluding carboxylic acids is 1. The van der Waals surface area contributed by atoms with E-state index in [-0.39, 0.29) is 11.7 Å². The Balaban J connectivity index is 2.44. The van der Waals surface area contributed by atoms with Crippen LogP contribution in [0.5, 0.6) is 0 Å². The fourth-order valence-electron chi connectivity index (χ4n) is 2.42. The van der Waals surface area contributed by atoms with E-state index < -0.39 is 0 Å². The summed E-state index contributed by atoms with van der Waals surface area (Å²) in [4.78, 5) is 11.5. The Bertz CT molecular complexity index is 854. The van der Waals surface area contributed by atoms with E-state index in [1.165, 1.54) is 18.2 Å². The lowest BCUT2D eigenvalue weighted by atomic mass is 9.95. The van der Waals surface area contributed by atoms with Gasteiger partial charge in [-0.1, -0.05) is 30.8 Å². The minimum Gasteiger partial charge on any atom is -0.392 e. The van der Waals surface area contributed by atoms with Crippen molar-refractivity contribution in [2.24, 2.45) is 0 Å². The lowest BCUT2D eigenvalue weighted by molar-refractivity contribution is -0.116. The van der Waals surface area contributed by atoms with Crippen LogP contribution in [0.2, 0.25) is 0 Å². The van der Waals surface area contributed by atoms with Crippen molar-refractivity contribution >= 4 is 11.6 Å². The summed E-state index contributed by atoms with van der Waals surface area (Å²) in [6.45, 7) is 5.60. The Morgan fingerprint density at radius 1 is 1.19 bits per heavy atom. The maximum absolute atomic E-state index is 13.2. The van der Waals surface area contributed by atoms with Crippen molar-refractivity contribution in [3.8, 4) is 11.1 Å². The van der Waals surface area contributed by atoms with Crippen molar-refractivity contribution < 1.29 is 9.18 Å². The minimum atomic E-state index is -0.293. The average molecular weight is 351 g/mol. The topological polar surface area (TPSA) is 65.0 Å². The third-order valence-electron chi connectivity index (χ3n) is 3.97. The average Bonchev–Trinajstić information content (AvgIpc) is 2.66. The van der Waals surface area contributed by atoms with Crippen molar-refractivity contribution in [3.63, 3.8) is 0 Å². The first-order valence-electron chi connectivity index (χ1n) is 8.18. The molecule has 0 spiro atoms. The summed E-state index contributed by atoms with van der Waals surface area (Å²) in [5, 5.41) is 14.1. The number of nitrogens with one attached hydrogen (secondary N) is 3. The first-order valence-corrected chi connectivity index (χ1v) is 8.18. The van der Waals surface area contributed by atoms with Crippen molar-refractivity contribution in [3.05, 3.63) is 83.8 Å². The van der Waals surface area contributed by atoms with Gasteiger partial charge in [-0.3, -0.25) is 4.79 Å². The molecule has 26 heavy (non-hydrogen) atoms. The van der Waals surface area contributed by atoms with E-state index in [1.807, 2.05) is 25.1 Å². The molecule has 4 nitrogen and oxygen atoms in total. The van der Waals surface area contributed by atoms with E-state index in [0.29, 0.717) is 17.8 Å². The monoisotopic (exact) mass is 351 g/mol. The highest BCUT2D eigenvalue weighted by atomic mass is 19.1. The molecule has 3 N–H and O–H groups in total. The van der Waals surface area contributed by atoms with Crippen LogP contribution in [-0.2, 0) is 11.3 Å². The van der Waals surface area contributed by atoms with Gasteiger partial charge < -0.3 is 16.0 Å². The van der Waals surface area contributed by atoms with Crippen molar-refractivity contribution in [2.45, 2.75) is 13.5 Å². The van der Waals surface area contributed by atoms with Crippen LogP contribution in [0.25, 0.3) is 11.1 Å². The molecule has 0 bridgehead atoms. The Labute approximate surface area is 153 Å². The van der Waals surface area contributed by atoms with Gasteiger partial charge in [0.25, 0.3) is 0 Å². The van der Waals surface area contributed by atoms with Gasteiger partial charge in [0.05, 0.1) is 5.71 Å². The minimum absolute atomic E-state index is 0.271. The second kappa shape index (κ2) is 8.76. The highest BCUT2D eigenvalue weighted by Crippen LogP contribution is 2.24. The Morgan fingerprint density at radius 3 is 2.46 bits per heavy atom. The number of hydrogen-bond acceptors (Lipinski definition) is 3. The molecule has 0 saturated heterocycles. The molecule has 134 valence electrons. The predicted molar refractivity (Wildman–Crippen MR) is 104 cm³/mol. The molecule has 0 aromatic heterocycles. The Morgan fingerprint density at radius 2 is 1.85 bits per heavy atom. The van der Waals surface area contributed by atoms with Crippen molar-refractivity contribution in [1.29, 1.82) is 5.41 Å². The summed E-state index contributed by atoms with van der Waals surface area (Å²) >= 11 is 0.